The molecule has 0 spiro atoms. The molecule has 0 aromatic heterocycles. The summed E-state index contributed by atoms with van der Waals surface area (Å²) >= 11 is 0. The highest BCUT2D eigenvalue weighted by Gasteiger charge is 2.21. The molecule has 0 saturated heterocycles. The van der Waals surface area contributed by atoms with Gasteiger partial charge < -0.3 is 4.90 Å². The minimum Gasteiger partial charge on any atom is -0.307 e. The van der Waals surface area contributed by atoms with Crippen molar-refractivity contribution in [2.45, 2.75) is 58.8 Å². The Morgan fingerprint density at radius 2 is 1.80 bits per heavy atom. The van der Waals surface area contributed by atoms with E-state index in [0.717, 1.165) is 11.8 Å². The predicted octanol–water partition coefficient (Wildman–Crippen LogP) is 3.93. The Morgan fingerprint density at radius 1 is 1.13 bits per heavy atom. The fourth-order valence-corrected chi connectivity index (χ4v) is 2.92. The van der Waals surface area contributed by atoms with Crippen LogP contribution in [0.4, 0.5) is 0 Å². The minimum absolute atomic E-state index is 0.999. The first-order chi connectivity index (χ1) is 7.27. The van der Waals surface area contributed by atoms with E-state index in [1.54, 1.807) is 0 Å². The van der Waals surface area contributed by atoms with Crippen LogP contribution in [0.3, 0.4) is 0 Å². The van der Waals surface area contributed by atoms with Crippen molar-refractivity contribution in [1.82, 2.24) is 4.90 Å². The van der Waals surface area contributed by atoms with E-state index in [2.05, 4.69) is 25.8 Å². The Morgan fingerprint density at radius 3 is 2.33 bits per heavy atom. The van der Waals surface area contributed by atoms with Crippen LogP contribution in [0.1, 0.15) is 58.8 Å². The van der Waals surface area contributed by atoms with Gasteiger partial charge in [0.05, 0.1) is 0 Å². The van der Waals surface area contributed by atoms with E-state index in [0.29, 0.717) is 0 Å². The molecule has 0 N–H and O–H groups in total. The summed E-state index contributed by atoms with van der Waals surface area (Å²) in [4.78, 5) is 2.45. The maximum atomic E-state index is 2.45. The lowest BCUT2D eigenvalue weighted by Crippen LogP contribution is -2.25. The quantitative estimate of drug-likeness (QED) is 0.643. The zero-order valence-electron chi connectivity index (χ0n) is 11.0. The summed E-state index contributed by atoms with van der Waals surface area (Å²) in [5.41, 5.74) is 0. The highest BCUT2D eigenvalue weighted by molar-refractivity contribution is 4.74. The first-order valence-corrected chi connectivity index (χ1v) is 6.96. The third-order valence-electron chi connectivity index (χ3n) is 4.26. The summed E-state index contributed by atoms with van der Waals surface area (Å²) in [6.07, 6.45) is 10.3. The van der Waals surface area contributed by atoms with E-state index in [-0.39, 0.29) is 0 Å². The number of hydrogen-bond donors (Lipinski definition) is 0. The van der Waals surface area contributed by atoms with Crippen molar-refractivity contribution in [2.24, 2.45) is 11.8 Å². The van der Waals surface area contributed by atoms with E-state index in [9.17, 15) is 0 Å². The van der Waals surface area contributed by atoms with Crippen molar-refractivity contribution in [3.8, 4) is 0 Å². The molecule has 1 nitrogen and oxygen atoms in total. The van der Waals surface area contributed by atoms with Gasteiger partial charge in [-0.3, -0.25) is 0 Å². The molecule has 1 fully saturated rings. The smallest absolute Gasteiger partial charge is 0.00192 e. The number of hydrogen-bond acceptors (Lipinski definition) is 1. The summed E-state index contributed by atoms with van der Waals surface area (Å²) in [5.74, 6) is 2.05. The Bertz CT molecular complexity index is 149. The van der Waals surface area contributed by atoms with Crippen LogP contribution in [0, 0.1) is 11.8 Å². The Hall–Kier alpha value is -0.0400. The second-order valence-electron chi connectivity index (χ2n) is 5.25. The molecule has 15 heavy (non-hydrogen) atoms. The Labute approximate surface area is 96.2 Å². The molecule has 1 aliphatic rings. The second kappa shape index (κ2) is 7.27. The van der Waals surface area contributed by atoms with E-state index >= 15 is 0 Å². The highest BCUT2D eigenvalue weighted by atomic mass is 15.1. The lowest BCUT2D eigenvalue weighted by Gasteiger charge is -2.30. The third-order valence-corrected chi connectivity index (χ3v) is 4.26. The maximum Gasteiger partial charge on any atom is -0.00192 e. The molecule has 0 amide bonds. The van der Waals surface area contributed by atoms with Gasteiger partial charge in [0.2, 0.25) is 0 Å². The first kappa shape index (κ1) is 13.0. The van der Waals surface area contributed by atoms with E-state index in [1.165, 1.54) is 58.0 Å². The molecule has 0 bridgehead atoms. The van der Waals surface area contributed by atoms with E-state index in [4.69, 9.17) is 0 Å². The van der Waals surface area contributed by atoms with Gasteiger partial charge in [-0.25, -0.2) is 0 Å². The van der Waals surface area contributed by atoms with E-state index in [1.807, 2.05) is 0 Å². The van der Waals surface area contributed by atoms with Crippen LogP contribution in [0.2, 0.25) is 0 Å². The highest BCUT2D eigenvalue weighted by Crippen LogP contribution is 2.33. The van der Waals surface area contributed by atoms with Crippen LogP contribution in [0.15, 0.2) is 0 Å². The normalized spacial score (nSPS) is 20.8. The van der Waals surface area contributed by atoms with Gasteiger partial charge in [-0.2, -0.15) is 0 Å². The molecule has 0 aliphatic heterocycles. The van der Waals surface area contributed by atoms with Gasteiger partial charge in [0, 0.05) is 0 Å². The topological polar surface area (TPSA) is 3.24 Å². The third kappa shape index (κ3) is 4.55. The van der Waals surface area contributed by atoms with Crippen molar-refractivity contribution in [2.75, 3.05) is 20.1 Å². The zero-order valence-corrected chi connectivity index (χ0v) is 11.0. The first-order valence-electron chi connectivity index (χ1n) is 6.96. The van der Waals surface area contributed by atoms with Gasteiger partial charge in [0.1, 0.15) is 0 Å². The molecule has 1 unspecified atom stereocenters. The molecule has 1 saturated carbocycles. The summed E-state index contributed by atoms with van der Waals surface area (Å²) < 4.78 is 0. The average Bonchev–Trinajstić information content (AvgIpc) is 2.31. The van der Waals surface area contributed by atoms with Crippen LogP contribution in [0.5, 0.6) is 0 Å². The summed E-state index contributed by atoms with van der Waals surface area (Å²) in [5, 5.41) is 0. The fraction of sp³-hybridized carbons (Fsp3) is 1.00. The Kier molecular flexibility index (Phi) is 6.31. The van der Waals surface area contributed by atoms with Crippen molar-refractivity contribution >= 4 is 0 Å². The number of rotatable bonds is 6. The van der Waals surface area contributed by atoms with Gasteiger partial charge in [0.15, 0.2) is 0 Å². The van der Waals surface area contributed by atoms with Crippen LogP contribution >= 0.6 is 0 Å². The molecular formula is C14H29N. The van der Waals surface area contributed by atoms with Crippen LogP contribution in [0.25, 0.3) is 0 Å². The summed E-state index contributed by atoms with van der Waals surface area (Å²) in [7, 11) is 2.24. The SMILES string of the molecule is CCC(CCN(C)CC)C1CCCCC1. The molecule has 1 rings (SSSR count). The van der Waals surface area contributed by atoms with Gasteiger partial charge in [0.25, 0.3) is 0 Å². The van der Waals surface area contributed by atoms with E-state index < -0.39 is 0 Å². The van der Waals surface area contributed by atoms with Gasteiger partial charge in [-0.1, -0.05) is 52.4 Å². The van der Waals surface area contributed by atoms with Crippen molar-refractivity contribution < 1.29 is 0 Å². The monoisotopic (exact) mass is 211 g/mol. The molecule has 0 radical (unpaired) electrons. The Balaban J connectivity index is 2.27. The fourth-order valence-electron chi connectivity index (χ4n) is 2.92. The molecule has 0 aromatic carbocycles. The minimum atomic E-state index is 0.999. The van der Waals surface area contributed by atoms with Crippen LogP contribution in [-0.2, 0) is 0 Å². The van der Waals surface area contributed by atoms with Gasteiger partial charge in [-0.15, -0.1) is 0 Å². The molecule has 90 valence electrons. The summed E-state index contributed by atoms with van der Waals surface area (Å²) in [6.45, 7) is 7.12. The number of nitrogens with zero attached hydrogens (tertiary/aromatic N) is 1. The molecular weight excluding hydrogens is 182 g/mol. The predicted molar refractivity (Wildman–Crippen MR) is 68.1 cm³/mol. The van der Waals surface area contributed by atoms with Crippen LogP contribution in [-0.4, -0.2) is 25.0 Å². The second-order valence-corrected chi connectivity index (χ2v) is 5.25. The van der Waals surface area contributed by atoms with Crippen molar-refractivity contribution in [3.63, 3.8) is 0 Å². The van der Waals surface area contributed by atoms with Crippen LogP contribution < -0.4 is 0 Å². The maximum absolute atomic E-state index is 2.45. The van der Waals surface area contributed by atoms with Crippen molar-refractivity contribution in [1.29, 1.82) is 0 Å². The molecule has 1 atom stereocenters. The average molecular weight is 211 g/mol. The standard InChI is InChI=1S/C14H29N/c1-4-13(11-12-15(3)5-2)14-9-7-6-8-10-14/h13-14H,4-12H2,1-3H3. The largest absolute Gasteiger partial charge is 0.307 e. The lowest BCUT2D eigenvalue weighted by atomic mass is 9.77. The molecule has 0 aromatic rings. The molecule has 1 aliphatic carbocycles. The lowest BCUT2D eigenvalue weighted by molar-refractivity contribution is 0.206. The van der Waals surface area contributed by atoms with Crippen molar-refractivity contribution in [3.05, 3.63) is 0 Å². The molecule has 1 heteroatoms. The van der Waals surface area contributed by atoms with Gasteiger partial charge >= 0.3 is 0 Å². The molecule has 0 heterocycles. The summed E-state index contributed by atoms with van der Waals surface area (Å²) in [6, 6.07) is 0. The zero-order chi connectivity index (χ0) is 11.1. The van der Waals surface area contributed by atoms with Gasteiger partial charge in [-0.05, 0) is 38.4 Å².